The van der Waals surface area contributed by atoms with Crippen LogP contribution in [-0.2, 0) is 4.79 Å². The Kier molecular flexibility index (Phi) is 3.59. The first-order chi connectivity index (χ1) is 9.07. The van der Waals surface area contributed by atoms with Crippen LogP contribution in [0.5, 0.6) is 0 Å². The summed E-state index contributed by atoms with van der Waals surface area (Å²) in [7, 11) is 0. The van der Waals surface area contributed by atoms with Gasteiger partial charge in [0, 0.05) is 18.5 Å². The van der Waals surface area contributed by atoms with E-state index in [0.717, 1.165) is 19.4 Å². The number of amides is 1. The van der Waals surface area contributed by atoms with E-state index in [4.69, 9.17) is 5.73 Å². The van der Waals surface area contributed by atoms with Gasteiger partial charge in [-0.2, -0.15) is 0 Å². The fraction of sp³-hybridized carbons (Fsp3) is 0.938. The largest absolute Gasteiger partial charge is 0.355 e. The minimum Gasteiger partial charge on any atom is -0.355 e. The van der Waals surface area contributed by atoms with E-state index < -0.39 is 0 Å². The predicted molar refractivity (Wildman–Crippen MR) is 76.5 cm³/mol. The molecule has 3 N–H and O–H groups in total. The number of nitrogens with two attached hydrogens (primary N) is 1. The van der Waals surface area contributed by atoms with Gasteiger partial charge in [-0.25, -0.2) is 0 Å². The van der Waals surface area contributed by atoms with Crippen molar-refractivity contribution in [3.63, 3.8) is 0 Å². The van der Waals surface area contributed by atoms with Crippen molar-refractivity contribution in [2.45, 2.75) is 64.3 Å². The first kappa shape index (κ1) is 13.4. The third-order valence-corrected chi connectivity index (χ3v) is 6.03. The fourth-order valence-corrected chi connectivity index (χ4v) is 4.41. The molecule has 3 aliphatic rings. The van der Waals surface area contributed by atoms with Crippen LogP contribution in [0, 0.1) is 23.2 Å². The van der Waals surface area contributed by atoms with Crippen LogP contribution in [0.15, 0.2) is 0 Å². The molecule has 19 heavy (non-hydrogen) atoms. The summed E-state index contributed by atoms with van der Waals surface area (Å²) in [4.78, 5) is 12.4. The Balaban J connectivity index is 1.53. The lowest BCUT2D eigenvalue weighted by atomic mass is 9.65. The average molecular weight is 264 g/mol. The van der Waals surface area contributed by atoms with E-state index >= 15 is 0 Å². The molecule has 3 saturated carbocycles. The highest BCUT2D eigenvalue weighted by Gasteiger charge is 2.41. The van der Waals surface area contributed by atoms with Crippen LogP contribution in [0.2, 0.25) is 0 Å². The summed E-state index contributed by atoms with van der Waals surface area (Å²) in [6.07, 6.45) is 9.71. The summed E-state index contributed by atoms with van der Waals surface area (Å²) < 4.78 is 0. The molecule has 3 heteroatoms. The van der Waals surface area contributed by atoms with Crippen molar-refractivity contribution in [2.24, 2.45) is 28.9 Å². The monoisotopic (exact) mass is 264 g/mol. The van der Waals surface area contributed by atoms with Gasteiger partial charge in [-0.3, -0.25) is 4.79 Å². The Morgan fingerprint density at radius 3 is 2.37 bits per heavy atom. The van der Waals surface area contributed by atoms with E-state index in [2.05, 4.69) is 12.2 Å². The normalized spacial score (nSPS) is 40.3. The summed E-state index contributed by atoms with van der Waals surface area (Å²) >= 11 is 0. The molecule has 3 rings (SSSR count). The molecule has 0 aromatic rings. The molecule has 0 heterocycles. The summed E-state index contributed by atoms with van der Waals surface area (Å²) in [5.74, 6) is 1.74. The van der Waals surface area contributed by atoms with E-state index in [-0.39, 0.29) is 5.92 Å². The van der Waals surface area contributed by atoms with Crippen LogP contribution in [0.25, 0.3) is 0 Å². The quantitative estimate of drug-likeness (QED) is 0.822. The second kappa shape index (κ2) is 5.08. The minimum absolute atomic E-state index is 0.235. The Hall–Kier alpha value is -0.570. The Morgan fingerprint density at radius 1 is 1.21 bits per heavy atom. The van der Waals surface area contributed by atoms with Gasteiger partial charge >= 0.3 is 0 Å². The maximum atomic E-state index is 12.4. The second-order valence-corrected chi connectivity index (χ2v) is 7.58. The van der Waals surface area contributed by atoms with E-state index in [0.29, 0.717) is 29.2 Å². The van der Waals surface area contributed by atoms with Gasteiger partial charge in [0.25, 0.3) is 0 Å². The molecule has 2 bridgehead atoms. The zero-order valence-electron chi connectivity index (χ0n) is 12.2. The molecular weight excluding hydrogens is 236 g/mol. The van der Waals surface area contributed by atoms with Gasteiger partial charge in [0.05, 0.1) is 0 Å². The van der Waals surface area contributed by atoms with E-state index in [1.54, 1.807) is 0 Å². The molecule has 0 aromatic heterocycles. The topological polar surface area (TPSA) is 55.1 Å². The third kappa shape index (κ3) is 2.67. The highest BCUT2D eigenvalue weighted by Crippen LogP contribution is 2.42. The highest BCUT2D eigenvalue weighted by molar-refractivity contribution is 5.78. The van der Waals surface area contributed by atoms with Crippen molar-refractivity contribution >= 4 is 5.91 Å². The zero-order valence-corrected chi connectivity index (χ0v) is 12.2. The molecule has 3 fully saturated rings. The molecule has 3 nitrogen and oxygen atoms in total. The van der Waals surface area contributed by atoms with E-state index in [9.17, 15) is 4.79 Å². The lowest BCUT2D eigenvalue weighted by Crippen LogP contribution is -2.50. The van der Waals surface area contributed by atoms with Gasteiger partial charge in [-0.05, 0) is 55.8 Å². The maximum Gasteiger partial charge on any atom is 0.223 e. The van der Waals surface area contributed by atoms with Crippen LogP contribution in [0.4, 0.5) is 0 Å². The van der Waals surface area contributed by atoms with Crippen LogP contribution in [-0.4, -0.2) is 18.5 Å². The highest BCUT2D eigenvalue weighted by atomic mass is 16.1. The number of carbonyl (C=O) groups excluding carboxylic acids is 1. The standard InChI is InChI=1S/C16H28N2O/c1-16(6-3-7-16)10-18-15(19)13-8-11-4-2-5-12(9-13)14(11)17/h11-14H,2-10,17H2,1H3,(H,18,19). The molecule has 0 saturated heterocycles. The Morgan fingerprint density at radius 2 is 1.84 bits per heavy atom. The van der Waals surface area contributed by atoms with E-state index in [1.807, 2.05) is 0 Å². The van der Waals surface area contributed by atoms with Crippen molar-refractivity contribution < 1.29 is 4.79 Å². The number of nitrogens with one attached hydrogen (secondary N) is 1. The van der Waals surface area contributed by atoms with Gasteiger partial charge in [-0.15, -0.1) is 0 Å². The molecule has 0 aliphatic heterocycles. The van der Waals surface area contributed by atoms with Crippen molar-refractivity contribution in [1.29, 1.82) is 0 Å². The molecule has 0 aromatic carbocycles. The second-order valence-electron chi connectivity index (χ2n) is 7.58. The van der Waals surface area contributed by atoms with Gasteiger partial charge in [0.1, 0.15) is 0 Å². The van der Waals surface area contributed by atoms with Crippen molar-refractivity contribution in [1.82, 2.24) is 5.32 Å². The number of hydrogen-bond acceptors (Lipinski definition) is 2. The first-order valence-corrected chi connectivity index (χ1v) is 8.11. The Labute approximate surface area is 116 Å². The van der Waals surface area contributed by atoms with Crippen LogP contribution in [0.3, 0.4) is 0 Å². The summed E-state index contributed by atoms with van der Waals surface area (Å²) in [6, 6.07) is 0.363. The first-order valence-electron chi connectivity index (χ1n) is 8.11. The molecule has 1 amide bonds. The minimum atomic E-state index is 0.235. The fourth-order valence-electron chi connectivity index (χ4n) is 4.41. The lowest BCUT2D eigenvalue weighted by molar-refractivity contribution is -0.128. The summed E-state index contributed by atoms with van der Waals surface area (Å²) in [6.45, 7) is 3.17. The lowest BCUT2D eigenvalue weighted by Gasteiger charge is -2.44. The average Bonchev–Trinajstić information content (AvgIpc) is 2.33. The number of rotatable bonds is 3. The van der Waals surface area contributed by atoms with Gasteiger partial charge in [0.2, 0.25) is 5.91 Å². The number of hydrogen-bond donors (Lipinski definition) is 2. The molecule has 108 valence electrons. The van der Waals surface area contributed by atoms with Crippen LogP contribution < -0.4 is 11.1 Å². The van der Waals surface area contributed by atoms with Gasteiger partial charge in [-0.1, -0.05) is 19.8 Å². The SMILES string of the molecule is CC1(CNC(=O)C2CC3CCCC(C2)C3N)CCC1. The van der Waals surface area contributed by atoms with Crippen LogP contribution in [0.1, 0.15) is 58.3 Å². The third-order valence-electron chi connectivity index (χ3n) is 6.03. The van der Waals surface area contributed by atoms with Gasteiger partial charge in [0.15, 0.2) is 0 Å². The van der Waals surface area contributed by atoms with Crippen molar-refractivity contribution in [3.8, 4) is 0 Å². The number of carbonyl (C=O) groups is 1. The molecule has 2 unspecified atom stereocenters. The zero-order chi connectivity index (χ0) is 13.5. The molecule has 0 radical (unpaired) electrons. The predicted octanol–water partition coefficient (Wildman–Crippen LogP) is 2.45. The summed E-state index contributed by atoms with van der Waals surface area (Å²) in [5.41, 5.74) is 6.67. The molecule has 0 spiro atoms. The molecule has 3 aliphatic carbocycles. The van der Waals surface area contributed by atoms with Crippen LogP contribution >= 0.6 is 0 Å². The number of fused-ring (bicyclic) bond motifs is 2. The van der Waals surface area contributed by atoms with E-state index in [1.165, 1.54) is 38.5 Å². The van der Waals surface area contributed by atoms with Gasteiger partial charge < -0.3 is 11.1 Å². The van der Waals surface area contributed by atoms with Crippen molar-refractivity contribution in [3.05, 3.63) is 0 Å². The smallest absolute Gasteiger partial charge is 0.223 e. The molecular formula is C16H28N2O. The summed E-state index contributed by atoms with van der Waals surface area (Å²) in [5, 5.41) is 3.22. The molecule has 2 atom stereocenters. The maximum absolute atomic E-state index is 12.4. The van der Waals surface area contributed by atoms with Crippen molar-refractivity contribution in [2.75, 3.05) is 6.54 Å². The Bertz CT molecular complexity index is 337.